The van der Waals surface area contributed by atoms with Gasteiger partial charge in [0.05, 0.1) is 0 Å². The molecule has 0 aliphatic carbocycles. The zero-order valence-corrected chi connectivity index (χ0v) is 5.72. The molecule has 0 fully saturated rings. The summed E-state index contributed by atoms with van der Waals surface area (Å²) in [5.41, 5.74) is 0. The molecule has 1 unspecified atom stereocenters. The van der Waals surface area contributed by atoms with Crippen LogP contribution in [0.15, 0.2) is 18.2 Å². The molecular formula is C6H5F2P. The van der Waals surface area contributed by atoms with E-state index < -0.39 is 11.6 Å². The third kappa shape index (κ3) is 1.46. The molecule has 1 rings (SSSR count). The lowest BCUT2D eigenvalue weighted by atomic mass is 10.3. The highest BCUT2D eigenvalue weighted by Crippen LogP contribution is 2.01. The number of halogens is 2. The van der Waals surface area contributed by atoms with Gasteiger partial charge in [-0.05, 0) is 12.1 Å². The first-order chi connectivity index (χ1) is 4.20. The third-order valence-corrected chi connectivity index (χ3v) is 1.43. The summed E-state index contributed by atoms with van der Waals surface area (Å²) in [5, 5.41) is 0.386. The van der Waals surface area contributed by atoms with Crippen molar-refractivity contribution in [2.45, 2.75) is 0 Å². The van der Waals surface area contributed by atoms with Crippen LogP contribution < -0.4 is 5.30 Å². The van der Waals surface area contributed by atoms with Crippen LogP contribution in [-0.4, -0.2) is 0 Å². The molecule has 3 heteroatoms. The van der Waals surface area contributed by atoms with E-state index in [4.69, 9.17) is 0 Å². The third-order valence-electron chi connectivity index (χ3n) is 0.962. The molecule has 48 valence electrons. The second kappa shape index (κ2) is 2.40. The zero-order valence-electron chi connectivity index (χ0n) is 4.57. The number of hydrogen-bond acceptors (Lipinski definition) is 0. The van der Waals surface area contributed by atoms with Crippen LogP contribution in [0.25, 0.3) is 0 Å². The van der Waals surface area contributed by atoms with Crippen LogP contribution in [0.3, 0.4) is 0 Å². The standard InChI is InChI=1S/C6H5F2P/c7-4-1-2-6(9)5(8)3-4/h1-3H,9H2. The van der Waals surface area contributed by atoms with Crippen LogP contribution in [0.2, 0.25) is 0 Å². The monoisotopic (exact) mass is 146 g/mol. The van der Waals surface area contributed by atoms with E-state index in [-0.39, 0.29) is 0 Å². The minimum atomic E-state index is -0.543. The van der Waals surface area contributed by atoms with Crippen molar-refractivity contribution < 1.29 is 8.78 Å². The SMILES string of the molecule is Fc1ccc(P)c(F)c1. The summed E-state index contributed by atoms with van der Waals surface area (Å²) in [6.07, 6.45) is 0. The van der Waals surface area contributed by atoms with Crippen molar-refractivity contribution >= 4 is 14.5 Å². The minimum Gasteiger partial charge on any atom is -0.207 e. The average Bonchev–Trinajstić information content (AvgIpc) is 1.80. The molecule has 0 saturated carbocycles. The highest BCUT2D eigenvalue weighted by molar-refractivity contribution is 7.27. The van der Waals surface area contributed by atoms with Crippen molar-refractivity contribution in [3.63, 3.8) is 0 Å². The smallest absolute Gasteiger partial charge is 0.133 e. The maximum Gasteiger partial charge on any atom is 0.133 e. The van der Waals surface area contributed by atoms with E-state index in [0.29, 0.717) is 5.30 Å². The molecule has 0 heterocycles. The fourth-order valence-corrected chi connectivity index (χ4v) is 0.681. The van der Waals surface area contributed by atoms with Crippen LogP contribution >= 0.6 is 9.24 Å². The van der Waals surface area contributed by atoms with Gasteiger partial charge in [0, 0.05) is 11.4 Å². The average molecular weight is 146 g/mol. The number of hydrogen-bond donors (Lipinski definition) is 0. The zero-order chi connectivity index (χ0) is 6.85. The lowest BCUT2D eigenvalue weighted by Gasteiger charge is -1.92. The predicted octanol–water partition coefficient (Wildman–Crippen LogP) is 1.47. The molecule has 0 aliphatic heterocycles. The molecule has 0 saturated heterocycles. The highest BCUT2D eigenvalue weighted by atomic mass is 31.0. The fraction of sp³-hybridized carbons (Fsp3) is 0. The normalized spacial score (nSPS) is 9.67. The topological polar surface area (TPSA) is 0 Å². The largest absolute Gasteiger partial charge is 0.207 e. The van der Waals surface area contributed by atoms with Gasteiger partial charge in [0.25, 0.3) is 0 Å². The summed E-state index contributed by atoms with van der Waals surface area (Å²) in [4.78, 5) is 0. The Morgan fingerprint density at radius 1 is 1.22 bits per heavy atom. The molecule has 0 bridgehead atoms. The lowest BCUT2D eigenvalue weighted by molar-refractivity contribution is 0.589. The lowest BCUT2D eigenvalue weighted by Crippen LogP contribution is -1.96. The van der Waals surface area contributed by atoms with Crippen molar-refractivity contribution in [2.24, 2.45) is 0 Å². The quantitative estimate of drug-likeness (QED) is 0.486. The summed E-state index contributed by atoms with van der Waals surface area (Å²) in [7, 11) is 2.17. The van der Waals surface area contributed by atoms with Crippen LogP contribution in [0.5, 0.6) is 0 Å². The van der Waals surface area contributed by atoms with E-state index in [1.165, 1.54) is 12.1 Å². The van der Waals surface area contributed by atoms with Gasteiger partial charge in [-0.3, -0.25) is 0 Å². The molecule has 9 heavy (non-hydrogen) atoms. The molecule has 0 nitrogen and oxygen atoms in total. The highest BCUT2D eigenvalue weighted by Gasteiger charge is 1.96. The summed E-state index contributed by atoms with van der Waals surface area (Å²) in [6.45, 7) is 0. The Kier molecular flexibility index (Phi) is 1.77. The van der Waals surface area contributed by atoms with Gasteiger partial charge in [-0.15, -0.1) is 9.24 Å². The molecule has 0 amide bonds. The Bertz CT molecular complexity index is 222. The Morgan fingerprint density at radius 2 is 1.89 bits per heavy atom. The molecule has 0 N–H and O–H groups in total. The summed E-state index contributed by atoms with van der Waals surface area (Å²) in [6, 6.07) is 3.43. The maximum absolute atomic E-state index is 12.3. The fourth-order valence-electron chi connectivity index (χ4n) is 0.502. The van der Waals surface area contributed by atoms with Crippen molar-refractivity contribution in [2.75, 3.05) is 0 Å². The van der Waals surface area contributed by atoms with Gasteiger partial charge in [-0.1, -0.05) is 0 Å². The van der Waals surface area contributed by atoms with Gasteiger partial charge in [0.15, 0.2) is 0 Å². The molecule has 0 radical (unpaired) electrons. The van der Waals surface area contributed by atoms with E-state index in [1.54, 1.807) is 0 Å². The van der Waals surface area contributed by atoms with Crippen molar-refractivity contribution in [3.05, 3.63) is 29.8 Å². The van der Waals surface area contributed by atoms with Crippen molar-refractivity contribution in [3.8, 4) is 0 Å². The molecule has 0 spiro atoms. The Morgan fingerprint density at radius 3 is 2.33 bits per heavy atom. The van der Waals surface area contributed by atoms with Gasteiger partial charge in [0.1, 0.15) is 11.6 Å². The summed E-state index contributed by atoms with van der Waals surface area (Å²) in [5.74, 6) is -1.07. The Hall–Kier alpha value is -0.490. The second-order valence-corrected chi connectivity index (χ2v) is 2.29. The molecule has 0 aromatic heterocycles. The van der Waals surface area contributed by atoms with Gasteiger partial charge in [-0.2, -0.15) is 0 Å². The summed E-state index contributed by atoms with van der Waals surface area (Å²) < 4.78 is 24.4. The van der Waals surface area contributed by atoms with Gasteiger partial charge < -0.3 is 0 Å². The minimum absolute atomic E-state index is 0.386. The Labute approximate surface area is 54.1 Å². The van der Waals surface area contributed by atoms with E-state index in [9.17, 15) is 8.78 Å². The van der Waals surface area contributed by atoms with Gasteiger partial charge >= 0.3 is 0 Å². The van der Waals surface area contributed by atoms with E-state index in [2.05, 4.69) is 9.24 Å². The van der Waals surface area contributed by atoms with Crippen LogP contribution in [0.1, 0.15) is 0 Å². The van der Waals surface area contributed by atoms with Crippen LogP contribution in [0.4, 0.5) is 8.78 Å². The summed E-state index contributed by atoms with van der Waals surface area (Å²) >= 11 is 0. The van der Waals surface area contributed by atoms with Crippen molar-refractivity contribution in [1.29, 1.82) is 0 Å². The first-order valence-electron chi connectivity index (χ1n) is 2.40. The molecular weight excluding hydrogens is 141 g/mol. The predicted molar refractivity (Wildman–Crippen MR) is 35.7 cm³/mol. The molecule has 1 aromatic carbocycles. The van der Waals surface area contributed by atoms with Crippen LogP contribution in [-0.2, 0) is 0 Å². The first kappa shape index (κ1) is 6.63. The maximum atomic E-state index is 12.3. The van der Waals surface area contributed by atoms with E-state index in [0.717, 1.165) is 6.07 Å². The molecule has 1 atom stereocenters. The van der Waals surface area contributed by atoms with E-state index in [1.807, 2.05) is 0 Å². The van der Waals surface area contributed by atoms with Gasteiger partial charge in [0.2, 0.25) is 0 Å². The number of benzene rings is 1. The van der Waals surface area contributed by atoms with E-state index >= 15 is 0 Å². The number of rotatable bonds is 0. The van der Waals surface area contributed by atoms with Gasteiger partial charge in [-0.25, -0.2) is 8.78 Å². The second-order valence-electron chi connectivity index (χ2n) is 1.67. The Balaban J connectivity index is 3.17. The molecule has 1 aromatic rings. The molecule has 0 aliphatic rings. The van der Waals surface area contributed by atoms with Crippen molar-refractivity contribution in [1.82, 2.24) is 0 Å². The van der Waals surface area contributed by atoms with Crippen LogP contribution in [0, 0.1) is 11.6 Å². The first-order valence-corrected chi connectivity index (χ1v) is 2.98.